The summed E-state index contributed by atoms with van der Waals surface area (Å²) >= 11 is 1.40. The summed E-state index contributed by atoms with van der Waals surface area (Å²) in [4.78, 5) is 26.1. The summed E-state index contributed by atoms with van der Waals surface area (Å²) in [6.45, 7) is 1.51. The Labute approximate surface area is 283 Å². The summed E-state index contributed by atoms with van der Waals surface area (Å²) in [6, 6.07) is 26.2. The molecular formula is C39H37NO7S. The SMILES string of the molecule is Cc1ccc(C(=O)CC(O)COc2c3cccc2Cc2cccc(c2O)Cc2cccc(c2OCC(N)=O)Cc2cccc(c2O)C3)s1. The number of fused-ring (bicyclic) bond motifs is 8. The van der Waals surface area contributed by atoms with Crippen LogP contribution in [0.4, 0.5) is 0 Å². The maximum absolute atomic E-state index is 12.8. The number of aliphatic hydroxyl groups is 1. The van der Waals surface area contributed by atoms with Gasteiger partial charge in [-0.05, 0) is 63.6 Å². The number of carbonyl (C=O) groups is 2. The van der Waals surface area contributed by atoms with Gasteiger partial charge in [0.15, 0.2) is 12.4 Å². The minimum atomic E-state index is -1.04. The highest BCUT2D eigenvalue weighted by atomic mass is 32.1. The highest BCUT2D eigenvalue weighted by molar-refractivity contribution is 7.14. The maximum Gasteiger partial charge on any atom is 0.255 e. The predicted octanol–water partition coefficient (Wildman–Crippen LogP) is 6.02. The zero-order valence-corrected chi connectivity index (χ0v) is 27.4. The van der Waals surface area contributed by atoms with Crippen LogP contribution >= 0.6 is 11.3 Å². The number of benzene rings is 4. The second-order valence-corrected chi connectivity index (χ2v) is 13.4. The lowest BCUT2D eigenvalue weighted by Gasteiger charge is -2.21. The Bertz CT molecular complexity index is 1890. The topological polar surface area (TPSA) is 139 Å². The predicted molar refractivity (Wildman–Crippen MR) is 185 cm³/mol. The van der Waals surface area contributed by atoms with Crippen LogP contribution in [0, 0.1) is 6.92 Å². The average Bonchev–Trinajstić information content (AvgIpc) is 3.50. The van der Waals surface area contributed by atoms with Crippen LogP contribution in [0.3, 0.4) is 0 Å². The summed E-state index contributed by atoms with van der Waals surface area (Å²) in [6.07, 6.45) is 0.177. The molecule has 0 fully saturated rings. The summed E-state index contributed by atoms with van der Waals surface area (Å²) in [5.74, 6) is 0.535. The minimum absolute atomic E-state index is 0.0750. The van der Waals surface area contributed by atoms with E-state index in [0.29, 0.717) is 64.3 Å². The maximum atomic E-state index is 12.8. The molecule has 1 aliphatic carbocycles. The van der Waals surface area contributed by atoms with Crippen LogP contribution in [0.15, 0.2) is 84.9 Å². The molecule has 5 aromatic rings. The fraction of sp³-hybridized carbons (Fsp3) is 0.231. The van der Waals surface area contributed by atoms with Gasteiger partial charge in [0, 0.05) is 37.0 Å². The van der Waals surface area contributed by atoms with Crippen molar-refractivity contribution in [2.75, 3.05) is 13.2 Å². The van der Waals surface area contributed by atoms with Gasteiger partial charge in [-0.2, -0.15) is 0 Å². The Kier molecular flexibility index (Phi) is 9.80. The molecule has 5 N–H and O–H groups in total. The minimum Gasteiger partial charge on any atom is -0.507 e. The fourth-order valence-electron chi connectivity index (χ4n) is 6.16. The third kappa shape index (κ3) is 7.38. The number of carbonyl (C=O) groups excluding carboxylic acids is 2. The largest absolute Gasteiger partial charge is 0.507 e. The number of rotatable bonds is 9. The quantitative estimate of drug-likeness (QED) is 0.139. The van der Waals surface area contributed by atoms with E-state index in [1.165, 1.54) is 11.3 Å². The Morgan fingerprint density at radius 2 is 1.10 bits per heavy atom. The Morgan fingerprint density at radius 3 is 1.50 bits per heavy atom. The summed E-state index contributed by atoms with van der Waals surface area (Å²) in [5.41, 5.74) is 11.2. The van der Waals surface area contributed by atoms with Crippen molar-refractivity contribution in [1.82, 2.24) is 0 Å². The number of hydrogen-bond acceptors (Lipinski definition) is 8. The molecule has 0 saturated carbocycles. The van der Waals surface area contributed by atoms with E-state index in [-0.39, 0.29) is 36.9 Å². The highest BCUT2D eigenvalue weighted by Gasteiger charge is 2.22. The number of thiophene rings is 1. The van der Waals surface area contributed by atoms with E-state index in [2.05, 4.69) is 0 Å². The molecule has 0 aliphatic heterocycles. The fourth-order valence-corrected chi connectivity index (χ4v) is 6.98. The summed E-state index contributed by atoms with van der Waals surface area (Å²) in [7, 11) is 0. The van der Waals surface area contributed by atoms with Crippen LogP contribution in [0.5, 0.6) is 23.0 Å². The van der Waals surface area contributed by atoms with E-state index in [0.717, 1.165) is 27.1 Å². The van der Waals surface area contributed by atoms with Crippen molar-refractivity contribution in [3.05, 3.63) is 139 Å². The van der Waals surface area contributed by atoms with Gasteiger partial charge in [-0.1, -0.05) is 72.8 Å². The summed E-state index contributed by atoms with van der Waals surface area (Å²) in [5, 5.41) is 33.9. The van der Waals surface area contributed by atoms with Crippen molar-refractivity contribution < 1.29 is 34.4 Å². The van der Waals surface area contributed by atoms with Gasteiger partial charge < -0.3 is 30.5 Å². The molecule has 1 unspecified atom stereocenters. The number of aliphatic hydroxyl groups excluding tert-OH is 1. The highest BCUT2D eigenvalue weighted by Crippen LogP contribution is 2.38. The number of ether oxygens (including phenoxy) is 2. The van der Waals surface area contributed by atoms with Crippen molar-refractivity contribution in [3.8, 4) is 23.0 Å². The van der Waals surface area contributed by atoms with E-state index in [1.807, 2.05) is 85.8 Å². The van der Waals surface area contributed by atoms with Gasteiger partial charge in [-0.25, -0.2) is 0 Å². The molecule has 6 rings (SSSR count). The number of phenols is 2. The number of nitrogens with two attached hydrogens (primary N) is 1. The molecule has 1 heterocycles. The van der Waals surface area contributed by atoms with Crippen molar-refractivity contribution >= 4 is 23.0 Å². The lowest BCUT2D eigenvalue weighted by atomic mass is 9.91. The number of para-hydroxylation sites is 4. The van der Waals surface area contributed by atoms with Gasteiger partial charge in [0.1, 0.15) is 29.6 Å². The lowest BCUT2D eigenvalue weighted by Crippen LogP contribution is -2.22. The molecule has 1 atom stereocenters. The van der Waals surface area contributed by atoms with Crippen molar-refractivity contribution in [3.63, 3.8) is 0 Å². The number of hydrogen-bond donors (Lipinski definition) is 4. The molecule has 8 bridgehead atoms. The van der Waals surface area contributed by atoms with Gasteiger partial charge in [0.2, 0.25) is 0 Å². The molecule has 0 radical (unpaired) electrons. The smallest absolute Gasteiger partial charge is 0.255 e. The molecule has 0 spiro atoms. The second-order valence-electron chi connectivity index (χ2n) is 12.1. The first kappa shape index (κ1) is 32.8. The van der Waals surface area contributed by atoms with Crippen LogP contribution in [0.25, 0.3) is 0 Å². The normalized spacial score (nSPS) is 13.0. The van der Waals surface area contributed by atoms with E-state index in [1.54, 1.807) is 6.07 Å². The third-order valence-electron chi connectivity index (χ3n) is 8.50. The molecule has 4 aromatic carbocycles. The van der Waals surface area contributed by atoms with Gasteiger partial charge in [0.25, 0.3) is 5.91 Å². The van der Waals surface area contributed by atoms with Crippen molar-refractivity contribution in [1.29, 1.82) is 0 Å². The first-order valence-electron chi connectivity index (χ1n) is 15.8. The number of aryl methyl sites for hydroxylation is 1. The van der Waals surface area contributed by atoms with Gasteiger partial charge in [-0.3, -0.25) is 9.59 Å². The first-order valence-corrected chi connectivity index (χ1v) is 16.6. The monoisotopic (exact) mass is 663 g/mol. The van der Waals surface area contributed by atoms with E-state index < -0.39 is 12.0 Å². The van der Waals surface area contributed by atoms with Crippen LogP contribution in [0.1, 0.15) is 65.5 Å². The molecule has 9 heteroatoms. The number of primary amides is 1. The van der Waals surface area contributed by atoms with Crippen LogP contribution in [0.2, 0.25) is 0 Å². The molecule has 0 saturated heterocycles. The van der Waals surface area contributed by atoms with Crippen LogP contribution < -0.4 is 15.2 Å². The standard InChI is InChI=1S/C39H37NO7S/c1-23-14-15-34(48-23)33(42)20-32(41)21-46-38-28-10-4-11-29(38)17-25-7-3-9-27(37(25)45)19-31-13-5-12-30(39(31)47-22-35(40)43)18-26-8-2-6-24(16-28)36(26)44/h2-15,32,41,44-45H,16-22H2,1H3,(H2,40,43). The van der Waals surface area contributed by atoms with Crippen molar-refractivity contribution in [2.45, 2.75) is 45.1 Å². The molecule has 246 valence electrons. The number of ketones is 1. The molecule has 1 aliphatic rings. The zero-order valence-electron chi connectivity index (χ0n) is 26.6. The van der Waals surface area contributed by atoms with Gasteiger partial charge >= 0.3 is 0 Å². The average molecular weight is 664 g/mol. The van der Waals surface area contributed by atoms with Gasteiger partial charge in [-0.15, -0.1) is 11.3 Å². The number of Topliss-reactive ketones (excluding diaryl/α,β-unsaturated/α-hetero) is 1. The Morgan fingerprint density at radius 1 is 0.688 bits per heavy atom. The van der Waals surface area contributed by atoms with Crippen molar-refractivity contribution in [2.24, 2.45) is 5.73 Å². The number of amides is 1. The zero-order chi connectivity index (χ0) is 33.8. The third-order valence-corrected chi connectivity index (χ3v) is 9.54. The van der Waals surface area contributed by atoms with Crippen LogP contribution in [-0.2, 0) is 30.5 Å². The van der Waals surface area contributed by atoms with Crippen LogP contribution in [-0.4, -0.2) is 46.3 Å². The Hall–Kier alpha value is -5.12. The first-order chi connectivity index (χ1) is 23.2. The Balaban J connectivity index is 1.39. The molecule has 1 aromatic heterocycles. The van der Waals surface area contributed by atoms with Gasteiger partial charge in [0.05, 0.1) is 11.0 Å². The second kappa shape index (κ2) is 14.3. The van der Waals surface area contributed by atoms with E-state index >= 15 is 0 Å². The molecule has 1 amide bonds. The molecular weight excluding hydrogens is 626 g/mol. The number of phenolic OH excluding ortho intramolecular Hbond substituents is 2. The summed E-state index contributed by atoms with van der Waals surface area (Å²) < 4.78 is 12.3. The number of aromatic hydroxyl groups is 2. The van der Waals surface area contributed by atoms with E-state index in [4.69, 9.17) is 15.2 Å². The lowest BCUT2D eigenvalue weighted by molar-refractivity contribution is -0.119. The molecule has 48 heavy (non-hydrogen) atoms. The molecule has 8 nitrogen and oxygen atoms in total. The van der Waals surface area contributed by atoms with E-state index in [9.17, 15) is 24.9 Å².